The van der Waals surface area contributed by atoms with Gasteiger partial charge in [-0.05, 0) is 63.3 Å². The van der Waals surface area contributed by atoms with Crippen LogP contribution >= 0.6 is 0 Å². The van der Waals surface area contributed by atoms with Crippen LogP contribution in [0.25, 0.3) is 0 Å². The second kappa shape index (κ2) is 24.5. The van der Waals surface area contributed by atoms with Gasteiger partial charge in [-0.2, -0.15) is 0 Å². The summed E-state index contributed by atoms with van der Waals surface area (Å²) in [6.07, 6.45) is -7.89. The maximum atomic E-state index is 13.2. The molecule has 10 atom stereocenters. The van der Waals surface area contributed by atoms with Crippen molar-refractivity contribution in [2.75, 3.05) is 35.0 Å². The van der Waals surface area contributed by atoms with E-state index in [1.807, 2.05) is 122 Å². The molecule has 2 aliphatic heterocycles. The lowest BCUT2D eigenvalue weighted by molar-refractivity contribution is -0.366. The highest BCUT2D eigenvalue weighted by Gasteiger charge is 2.58. The number of aliphatic hydroxyl groups excluding tert-OH is 1. The molecule has 2 fully saturated rings. The molecular formula is C57H70O13Si. The molecule has 0 bridgehead atoms. The van der Waals surface area contributed by atoms with Gasteiger partial charge in [0.05, 0.1) is 60.3 Å². The zero-order valence-corrected chi connectivity index (χ0v) is 43.1. The van der Waals surface area contributed by atoms with Gasteiger partial charge in [0.2, 0.25) is 0 Å². The van der Waals surface area contributed by atoms with E-state index in [0.29, 0.717) is 5.75 Å². The van der Waals surface area contributed by atoms with Crippen LogP contribution in [-0.4, -0.2) is 115 Å². The normalized spacial score (nSPS) is 25.8. The van der Waals surface area contributed by atoms with Gasteiger partial charge in [-0.25, -0.2) is 0 Å². The number of aliphatic hydroxyl groups is 1. The Balaban J connectivity index is 1.36. The van der Waals surface area contributed by atoms with Crippen LogP contribution in [0.5, 0.6) is 11.5 Å². The van der Waals surface area contributed by atoms with E-state index in [1.165, 1.54) is 20.3 Å². The number of esters is 1. The Morgan fingerprint density at radius 1 is 0.662 bits per heavy atom. The van der Waals surface area contributed by atoms with Gasteiger partial charge in [0, 0.05) is 7.11 Å². The molecule has 1 N–H and O–H groups in total. The fraction of sp³-hybridized carbons (Fsp3) is 0.421. The van der Waals surface area contributed by atoms with Crippen LogP contribution in [0.3, 0.4) is 0 Å². The molecule has 0 radical (unpaired) electrons. The van der Waals surface area contributed by atoms with Gasteiger partial charge in [-0.15, -0.1) is 6.58 Å². The van der Waals surface area contributed by atoms with E-state index in [0.717, 1.165) is 32.8 Å². The Hall–Kier alpha value is -5.23. The van der Waals surface area contributed by atoms with Crippen LogP contribution in [0, 0.1) is 0 Å². The smallest absolute Gasteiger partial charge is 0.308 e. The first-order chi connectivity index (χ1) is 34.3. The molecule has 380 valence electrons. The number of benzene rings is 5. The molecule has 0 amide bonds. The third-order valence-electron chi connectivity index (χ3n) is 13.5. The van der Waals surface area contributed by atoms with Crippen molar-refractivity contribution in [3.8, 4) is 11.5 Å². The van der Waals surface area contributed by atoms with Crippen molar-refractivity contribution in [3.63, 3.8) is 0 Å². The SMILES string of the molecule is C=CC1(CC(=O)OC)O[C@@H](O[C@@H]2C(CO[Si](c3ccccc3)(c3ccccc3)C(C)(C)C)O[C@H](C)C(OCc3ccc(OC)cc3)[C@@H]2OCc2ccc(OC)cc2)C(OCc2ccccc2)[C@@H](OC)[C@@H]1O. The fourth-order valence-corrected chi connectivity index (χ4v) is 14.3. The molecule has 5 aromatic rings. The monoisotopic (exact) mass is 990 g/mol. The molecule has 0 spiro atoms. The first-order valence-corrected chi connectivity index (χ1v) is 26.0. The van der Waals surface area contributed by atoms with Crippen molar-refractivity contribution < 1.29 is 61.7 Å². The van der Waals surface area contributed by atoms with Gasteiger partial charge in [0.15, 0.2) is 6.29 Å². The molecule has 4 unspecified atom stereocenters. The predicted molar refractivity (Wildman–Crippen MR) is 272 cm³/mol. The second-order valence-electron chi connectivity index (χ2n) is 19.0. The van der Waals surface area contributed by atoms with Crippen LogP contribution in [0.4, 0.5) is 0 Å². The van der Waals surface area contributed by atoms with E-state index in [4.69, 9.17) is 51.8 Å². The van der Waals surface area contributed by atoms with Crippen LogP contribution in [0.2, 0.25) is 5.04 Å². The standard InChI is InChI=1S/C57H70O13Si/c1-10-57(34-48(58)62-8)54(59)52(63-9)53(66-35-40-20-14-11-15-21-40)55(70-57)69-50-47(38-67-71(56(3,4)5,45-22-16-12-17-23-45)46-24-18-13-19-25-46)68-39(2)49(64-36-41-26-30-43(60-6)31-27-41)51(50)65-37-42-28-32-44(61-7)33-29-42/h10-33,39,47,49-55,59H,1,34-38H2,2-9H3/t39-,47?,49?,50-,51+,52-,53?,54+,55-,57?/m1/s1. The van der Waals surface area contributed by atoms with Crippen molar-refractivity contribution in [2.45, 2.75) is 120 Å². The predicted octanol–water partition coefficient (Wildman–Crippen LogP) is 7.73. The van der Waals surface area contributed by atoms with Gasteiger partial charge in [-0.1, -0.05) is 142 Å². The molecule has 5 aromatic carbocycles. The Labute approximate surface area is 420 Å². The number of ether oxygens (including phenoxy) is 10. The van der Waals surface area contributed by atoms with Crippen LogP contribution < -0.4 is 19.8 Å². The van der Waals surface area contributed by atoms with Gasteiger partial charge in [0.25, 0.3) is 8.32 Å². The number of methoxy groups -OCH3 is 4. The number of carbonyl (C=O) groups is 1. The quantitative estimate of drug-likeness (QED) is 0.0412. The molecule has 2 aliphatic rings. The number of rotatable bonds is 22. The number of hydrogen-bond donors (Lipinski definition) is 1. The maximum Gasteiger partial charge on any atom is 0.308 e. The molecule has 14 heteroatoms. The van der Waals surface area contributed by atoms with Gasteiger partial charge >= 0.3 is 5.97 Å². The highest BCUT2D eigenvalue weighted by molar-refractivity contribution is 6.99. The molecule has 2 saturated heterocycles. The summed E-state index contributed by atoms with van der Waals surface area (Å²) < 4.78 is 71.8. The van der Waals surface area contributed by atoms with Gasteiger partial charge in [-0.3, -0.25) is 4.79 Å². The third kappa shape index (κ3) is 12.3. The third-order valence-corrected chi connectivity index (χ3v) is 18.5. The summed E-state index contributed by atoms with van der Waals surface area (Å²) in [5, 5.41) is 14.0. The first-order valence-electron chi connectivity index (χ1n) is 24.1. The highest BCUT2D eigenvalue weighted by Crippen LogP contribution is 2.42. The highest BCUT2D eigenvalue weighted by atomic mass is 28.4. The number of carbonyl (C=O) groups excluding carboxylic acids is 1. The van der Waals surface area contributed by atoms with Crippen molar-refractivity contribution in [2.24, 2.45) is 0 Å². The molecule has 7 rings (SSSR count). The minimum atomic E-state index is -3.17. The molecule has 71 heavy (non-hydrogen) atoms. The van der Waals surface area contributed by atoms with Gasteiger partial charge < -0.3 is 56.9 Å². The maximum absolute atomic E-state index is 13.2. The summed E-state index contributed by atoms with van der Waals surface area (Å²) in [7, 11) is 2.83. The lowest BCUT2D eigenvalue weighted by atomic mass is 9.83. The average Bonchev–Trinajstić information content (AvgIpc) is 3.39. The van der Waals surface area contributed by atoms with Crippen LogP contribution in [-0.2, 0) is 66.9 Å². The lowest BCUT2D eigenvalue weighted by Crippen LogP contribution is -2.70. The van der Waals surface area contributed by atoms with Crippen molar-refractivity contribution in [1.29, 1.82) is 0 Å². The minimum absolute atomic E-state index is 0.0588. The largest absolute Gasteiger partial charge is 0.497 e. The molecule has 0 aromatic heterocycles. The van der Waals surface area contributed by atoms with Crippen LogP contribution in [0.1, 0.15) is 50.8 Å². The van der Waals surface area contributed by atoms with Crippen molar-refractivity contribution in [1.82, 2.24) is 0 Å². The van der Waals surface area contributed by atoms with Crippen molar-refractivity contribution in [3.05, 3.63) is 169 Å². The summed E-state index contributed by atoms with van der Waals surface area (Å²) in [5.74, 6) is 0.791. The summed E-state index contributed by atoms with van der Waals surface area (Å²) in [6.45, 7) is 13.2. The summed E-state index contributed by atoms with van der Waals surface area (Å²) in [5.41, 5.74) is 0.909. The summed E-state index contributed by atoms with van der Waals surface area (Å²) in [6, 6.07) is 45.7. The van der Waals surface area contributed by atoms with E-state index >= 15 is 0 Å². The molecule has 2 heterocycles. The Bertz CT molecular complexity index is 2360. The van der Waals surface area contributed by atoms with E-state index < -0.39 is 81.4 Å². The lowest BCUT2D eigenvalue weighted by Gasteiger charge is -2.52. The topological polar surface area (TPSA) is 139 Å². The minimum Gasteiger partial charge on any atom is -0.497 e. The number of hydrogen-bond acceptors (Lipinski definition) is 13. The van der Waals surface area contributed by atoms with E-state index in [1.54, 1.807) is 14.2 Å². The Kier molecular flexibility index (Phi) is 18.5. The Morgan fingerprint density at radius 3 is 1.61 bits per heavy atom. The molecule has 13 nitrogen and oxygen atoms in total. The van der Waals surface area contributed by atoms with Crippen LogP contribution in [0.15, 0.2) is 152 Å². The van der Waals surface area contributed by atoms with Crippen molar-refractivity contribution >= 4 is 24.7 Å². The average molecular weight is 991 g/mol. The fourth-order valence-electron chi connectivity index (χ4n) is 9.73. The van der Waals surface area contributed by atoms with Gasteiger partial charge in [0.1, 0.15) is 59.8 Å². The molecule has 0 aliphatic carbocycles. The second-order valence-corrected chi connectivity index (χ2v) is 23.3. The van der Waals surface area contributed by atoms with E-state index in [2.05, 4.69) is 51.6 Å². The zero-order chi connectivity index (χ0) is 50.6. The molecular weight excluding hydrogens is 921 g/mol. The first kappa shape index (κ1) is 53.6. The molecule has 0 saturated carbocycles. The Morgan fingerprint density at radius 2 is 1.14 bits per heavy atom. The van der Waals surface area contributed by atoms with E-state index in [-0.39, 0.29) is 31.5 Å². The van der Waals surface area contributed by atoms with E-state index in [9.17, 15) is 9.90 Å². The summed E-state index contributed by atoms with van der Waals surface area (Å²) >= 11 is 0. The zero-order valence-electron chi connectivity index (χ0n) is 42.1. The summed E-state index contributed by atoms with van der Waals surface area (Å²) in [4.78, 5) is 13.2.